The van der Waals surface area contributed by atoms with Crippen molar-refractivity contribution in [3.8, 4) is 0 Å². The van der Waals surface area contributed by atoms with Crippen molar-refractivity contribution in [1.29, 1.82) is 0 Å². The molecule has 0 spiro atoms. The molecule has 1 rings (SSSR count). The van der Waals surface area contributed by atoms with Crippen molar-refractivity contribution in [3.05, 3.63) is 28.8 Å². The highest BCUT2D eigenvalue weighted by Gasteiger charge is 1.98. The maximum Gasteiger partial charge on any atom is 0.0679 e. The lowest BCUT2D eigenvalue weighted by Gasteiger charge is -2.03. The van der Waals surface area contributed by atoms with E-state index in [1.165, 1.54) is 0 Å². The molecule has 0 saturated carbocycles. The fraction of sp³-hybridized carbons (Fsp3) is 0.143. The van der Waals surface area contributed by atoms with Crippen molar-refractivity contribution in [1.82, 2.24) is 0 Å². The van der Waals surface area contributed by atoms with Gasteiger partial charge in [-0.1, -0.05) is 23.7 Å². The fourth-order valence-corrected chi connectivity index (χ4v) is 0.939. The summed E-state index contributed by atoms with van der Waals surface area (Å²) < 4.78 is 0. The number of benzene rings is 1. The number of halogens is 1. The monoisotopic (exact) mass is 156 g/mol. The number of anilines is 1. The summed E-state index contributed by atoms with van der Waals surface area (Å²) in [5, 5.41) is 0.685. The Labute approximate surface area is 65.0 Å². The van der Waals surface area contributed by atoms with E-state index in [1.54, 1.807) is 0 Å². The second-order valence-corrected chi connectivity index (χ2v) is 2.46. The van der Waals surface area contributed by atoms with Gasteiger partial charge in [0.1, 0.15) is 0 Å². The summed E-state index contributed by atoms with van der Waals surface area (Å²) in [7, 11) is 0. The first-order chi connectivity index (χ1) is 4.75. The predicted octanol–water partition coefficient (Wildman–Crippen LogP) is 1.93. The lowest BCUT2D eigenvalue weighted by molar-refractivity contribution is 1.33. The molecule has 0 heterocycles. The van der Waals surface area contributed by atoms with Gasteiger partial charge in [0.05, 0.1) is 10.7 Å². The summed E-state index contributed by atoms with van der Waals surface area (Å²) in [5.41, 5.74) is 4.29. The summed E-state index contributed by atoms with van der Waals surface area (Å²) in [6.07, 6.45) is 0. The Bertz CT molecular complexity index is 235. The summed E-state index contributed by atoms with van der Waals surface area (Å²) in [6, 6.07) is 5.66. The van der Waals surface area contributed by atoms with Crippen LogP contribution in [-0.4, -0.2) is 0 Å². The van der Waals surface area contributed by atoms with Crippen LogP contribution in [0.15, 0.2) is 18.2 Å². The van der Waals surface area contributed by atoms with E-state index in [9.17, 15) is 0 Å². The third-order valence-corrected chi connectivity index (χ3v) is 1.85. The zero-order chi connectivity index (χ0) is 7.56. The summed E-state index contributed by atoms with van der Waals surface area (Å²) in [4.78, 5) is 0. The van der Waals surface area contributed by atoms with Crippen LogP contribution in [0.4, 0.5) is 5.69 Å². The van der Waals surface area contributed by atoms with Gasteiger partial charge in [0, 0.05) is 0 Å². The zero-order valence-corrected chi connectivity index (χ0v) is 6.44. The van der Waals surface area contributed by atoms with Crippen molar-refractivity contribution in [3.63, 3.8) is 0 Å². The first-order valence-corrected chi connectivity index (χ1v) is 3.35. The van der Waals surface area contributed by atoms with Gasteiger partial charge >= 0.3 is 0 Å². The normalized spacial score (nSPS) is 9.50. The number of nitrogen functional groups attached to an aromatic ring is 1. The van der Waals surface area contributed by atoms with Crippen LogP contribution >= 0.6 is 11.6 Å². The van der Waals surface area contributed by atoms with Crippen LogP contribution < -0.4 is 11.3 Å². The quantitative estimate of drug-likeness (QED) is 0.482. The number of nitrogens with two attached hydrogens (primary N) is 1. The number of rotatable bonds is 1. The third-order valence-electron chi connectivity index (χ3n) is 1.35. The Balaban J connectivity index is 3.14. The second kappa shape index (κ2) is 2.90. The van der Waals surface area contributed by atoms with Crippen molar-refractivity contribution in [2.45, 2.75) is 6.92 Å². The van der Waals surface area contributed by atoms with Gasteiger partial charge in [-0.3, -0.25) is 5.84 Å². The van der Waals surface area contributed by atoms with Crippen molar-refractivity contribution in [2.24, 2.45) is 5.84 Å². The maximum atomic E-state index is 5.85. The highest BCUT2D eigenvalue weighted by molar-refractivity contribution is 6.33. The molecule has 0 unspecified atom stereocenters. The lowest BCUT2D eigenvalue weighted by Crippen LogP contribution is -2.07. The highest BCUT2D eigenvalue weighted by atomic mass is 35.5. The molecule has 1 aromatic carbocycles. The van der Waals surface area contributed by atoms with E-state index in [4.69, 9.17) is 17.4 Å². The van der Waals surface area contributed by atoms with Crippen LogP contribution in [0.25, 0.3) is 0 Å². The number of aryl methyl sites for hydroxylation is 1. The molecule has 54 valence electrons. The van der Waals surface area contributed by atoms with E-state index in [2.05, 4.69) is 5.43 Å². The molecular formula is C7H9ClN2. The predicted molar refractivity (Wildman–Crippen MR) is 44.0 cm³/mol. The number of hydrogen-bond donors (Lipinski definition) is 2. The Morgan fingerprint density at radius 3 is 2.70 bits per heavy atom. The van der Waals surface area contributed by atoms with Crippen molar-refractivity contribution in [2.75, 3.05) is 5.43 Å². The Morgan fingerprint density at radius 2 is 2.20 bits per heavy atom. The number of hydrogen-bond acceptors (Lipinski definition) is 2. The molecule has 3 heteroatoms. The minimum absolute atomic E-state index is 0.685. The summed E-state index contributed by atoms with van der Waals surface area (Å²) >= 11 is 5.85. The third kappa shape index (κ3) is 1.23. The van der Waals surface area contributed by atoms with Gasteiger partial charge < -0.3 is 5.43 Å². The molecule has 0 fully saturated rings. The van der Waals surface area contributed by atoms with Crippen LogP contribution in [-0.2, 0) is 0 Å². The second-order valence-electron chi connectivity index (χ2n) is 2.08. The van der Waals surface area contributed by atoms with E-state index in [-0.39, 0.29) is 0 Å². The molecule has 10 heavy (non-hydrogen) atoms. The molecule has 0 aromatic heterocycles. The van der Waals surface area contributed by atoms with Gasteiger partial charge in [0.15, 0.2) is 0 Å². The molecule has 0 atom stereocenters. The molecule has 0 saturated heterocycles. The molecule has 0 aliphatic carbocycles. The SMILES string of the molecule is Cc1cccc(NN)c1Cl. The standard InChI is InChI=1S/C7H9ClN2/c1-5-3-2-4-6(10-9)7(5)8/h2-4,10H,9H2,1H3. The minimum atomic E-state index is 0.685. The van der Waals surface area contributed by atoms with Gasteiger partial charge in [-0.05, 0) is 18.6 Å². The summed E-state index contributed by atoms with van der Waals surface area (Å²) in [6.45, 7) is 1.93. The molecule has 0 amide bonds. The van der Waals surface area contributed by atoms with Gasteiger partial charge in [0.2, 0.25) is 0 Å². The van der Waals surface area contributed by atoms with Gasteiger partial charge in [-0.15, -0.1) is 0 Å². The Hall–Kier alpha value is -0.730. The van der Waals surface area contributed by atoms with Gasteiger partial charge in [-0.25, -0.2) is 0 Å². The topological polar surface area (TPSA) is 38.0 Å². The molecule has 1 aromatic rings. The van der Waals surface area contributed by atoms with E-state index in [1.807, 2.05) is 25.1 Å². The molecule has 0 aliphatic heterocycles. The molecule has 0 aliphatic rings. The van der Waals surface area contributed by atoms with Crippen LogP contribution in [0.2, 0.25) is 5.02 Å². The Morgan fingerprint density at radius 1 is 1.50 bits per heavy atom. The van der Waals surface area contributed by atoms with Crippen molar-refractivity contribution >= 4 is 17.3 Å². The molecule has 3 N–H and O–H groups in total. The van der Waals surface area contributed by atoms with Gasteiger partial charge in [-0.2, -0.15) is 0 Å². The van der Waals surface area contributed by atoms with E-state index in [0.29, 0.717) is 5.02 Å². The van der Waals surface area contributed by atoms with Crippen LogP contribution in [0.1, 0.15) is 5.56 Å². The Kier molecular flexibility index (Phi) is 2.14. The molecular weight excluding hydrogens is 148 g/mol. The van der Waals surface area contributed by atoms with E-state index < -0.39 is 0 Å². The number of nitrogens with one attached hydrogen (secondary N) is 1. The maximum absolute atomic E-state index is 5.85. The number of hydrazine groups is 1. The minimum Gasteiger partial charge on any atom is -0.323 e. The highest BCUT2D eigenvalue weighted by Crippen LogP contribution is 2.23. The fourth-order valence-electron chi connectivity index (χ4n) is 0.759. The van der Waals surface area contributed by atoms with E-state index >= 15 is 0 Å². The largest absolute Gasteiger partial charge is 0.323 e. The first kappa shape index (κ1) is 7.38. The van der Waals surface area contributed by atoms with Crippen LogP contribution in [0.5, 0.6) is 0 Å². The lowest BCUT2D eigenvalue weighted by atomic mass is 10.2. The van der Waals surface area contributed by atoms with Crippen LogP contribution in [0.3, 0.4) is 0 Å². The molecule has 2 nitrogen and oxygen atoms in total. The summed E-state index contributed by atoms with van der Waals surface area (Å²) in [5.74, 6) is 5.19. The van der Waals surface area contributed by atoms with Crippen LogP contribution in [0, 0.1) is 6.92 Å². The molecule has 0 radical (unpaired) electrons. The first-order valence-electron chi connectivity index (χ1n) is 2.97. The molecule has 0 bridgehead atoms. The average molecular weight is 157 g/mol. The van der Waals surface area contributed by atoms with Crippen molar-refractivity contribution < 1.29 is 0 Å². The average Bonchev–Trinajstić information content (AvgIpc) is 1.95. The van der Waals surface area contributed by atoms with E-state index in [0.717, 1.165) is 11.3 Å². The van der Waals surface area contributed by atoms with Gasteiger partial charge in [0.25, 0.3) is 0 Å². The smallest absolute Gasteiger partial charge is 0.0679 e. The zero-order valence-electron chi connectivity index (χ0n) is 5.69.